The van der Waals surface area contributed by atoms with Crippen LogP contribution < -0.4 is 10.1 Å². The van der Waals surface area contributed by atoms with Crippen LogP contribution in [0.1, 0.15) is 40.0 Å². The molecule has 18 heavy (non-hydrogen) atoms. The first-order valence-corrected chi connectivity index (χ1v) is 7.13. The molecule has 0 aliphatic heterocycles. The van der Waals surface area contributed by atoms with Crippen LogP contribution in [0.5, 0.6) is 5.75 Å². The second kappa shape index (κ2) is 8.98. The van der Waals surface area contributed by atoms with E-state index in [1.165, 1.54) is 12.8 Å². The largest absolute Gasteiger partial charge is 0.494 e. The van der Waals surface area contributed by atoms with Crippen LogP contribution in [0.15, 0.2) is 30.3 Å². The topological polar surface area (TPSA) is 21.3 Å². The number of benzene rings is 1. The van der Waals surface area contributed by atoms with Crippen LogP contribution in [0.25, 0.3) is 0 Å². The van der Waals surface area contributed by atoms with E-state index in [4.69, 9.17) is 4.74 Å². The van der Waals surface area contributed by atoms with Gasteiger partial charge in [0.1, 0.15) is 5.75 Å². The van der Waals surface area contributed by atoms with Crippen molar-refractivity contribution in [2.24, 2.45) is 5.92 Å². The lowest BCUT2D eigenvalue weighted by atomic mass is 10.0. The minimum Gasteiger partial charge on any atom is -0.494 e. The summed E-state index contributed by atoms with van der Waals surface area (Å²) in [4.78, 5) is 0. The van der Waals surface area contributed by atoms with E-state index in [-0.39, 0.29) is 0 Å². The number of rotatable bonds is 9. The van der Waals surface area contributed by atoms with Crippen LogP contribution in [0.4, 0.5) is 0 Å². The van der Waals surface area contributed by atoms with Gasteiger partial charge in [0, 0.05) is 6.04 Å². The van der Waals surface area contributed by atoms with E-state index in [1.807, 2.05) is 30.3 Å². The van der Waals surface area contributed by atoms with Gasteiger partial charge in [-0.2, -0.15) is 0 Å². The lowest BCUT2D eigenvalue weighted by molar-refractivity contribution is 0.286. The molecule has 0 heterocycles. The summed E-state index contributed by atoms with van der Waals surface area (Å²) < 4.78 is 5.71. The van der Waals surface area contributed by atoms with Crippen molar-refractivity contribution in [3.63, 3.8) is 0 Å². The maximum absolute atomic E-state index is 5.71. The molecule has 0 aliphatic rings. The van der Waals surface area contributed by atoms with Crippen molar-refractivity contribution >= 4 is 0 Å². The Morgan fingerprint density at radius 3 is 2.50 bits per heavy atom. The molecule has 1 atom stereocenters. The Balaban J connectivity index is 2.12. The average molecular weight is 249 g/mol. The smallest absolute Gasteiger partial charge is 0.119 e. The lowest BCUT2D eigenvalue weighted by Crippen LogP contribution is -2.28. The lowest BCUT2D eigenvalue weighted by Gasteiger charge is -2.17. The van der Waals surface area contributed by atoms with Crippen LogP contribution in [0.2, 0.25) is 0 Å². The first kappa shape index (κ1) is 15.0. The van der Waals surface area contributed by atoms with Crippen LogP contribution in [-0.2, 0) is 0 Å². The summed E-state index contributed by atoms with van der Waals surface area (Å²) in [5, 5.41) is 3.51. The minimum absolute atomic E-state index is 0.583. The summed E-state index contributed by atoms with van der Waals surface area (Å²) in [5.74, 6) is 1.75. The molecule has 0 aromatic heterocycles. The molecule has 1 rings (SSSR count). The highest BCUT2D eigenvalue weighted by Crippen LogP contribution is 2.12. The summed E-state index contributed by atoms with van der Waals surface area (Å²) in [5.41, 5.74) is 0. The fourth-order valence-electron chi connectivity index (χ4n) is 1.93. The van der Waals surface area contributed by atoms with E-state index >= 15 is 0 Å². The number of hydrogen-bond acceptors (Lipinski definition) is 2. The molecule has 0 fully saturated rings. The third-order valence-corrected chi connectivity index (χ3v) is 3.16. The Morgan fingerprint density at radius 1 is 1.17 bits per heavy atom. The second-order valence-corrected chi connectivity index (χ2v) is 5.14. The van der Waals surface area contributed by atoms with E-state index in [1.54, 1.807) is 0 Å². The highest BCUT2D eigenvalue weighted by atomic mass is 16.5. The van der Waals surface area contributed by atoms with E-state index < -0.39 is 0 Å². The SMILES string of the molecule is CCC(CCCOc1ccccc1)CNC(C)C. The molecule has 2 heteroatoms. The van der Waals surface area contributed by atoms with Crippen molar-refractivity contribution in [3.8, 4) is 5.75 Å². The van der Waals surface area contributed by atoms with Gasteiger partial charge in [-0.25, -0.2) is 0 Å². The Kier molecular flexibility index (Phi) is 7.51. The van der Waals surface area contributed by atoms with Crippen LogP contribution in [-0.4, -0.2) is 19.2 Å². The van der Waals surface area contributed by atoms with Crippen LogP contribution in [0, 0.1) is 5.92 Å². The summed E-state index contributed by atoms with van der Waals surface area (Å²) in [6, 6.07) is 10.6. The van der Waals surface area contributed by atoms with Crippen LogP contribution in [0.3, 0.4) is 0 Å². The van der Waals surface area contributed by atoms with E-state index in [0.717, 1.165) is 31.2 Å². The molecule has 0 aliphatic carbocycles. The van der Waals surface area contributed by atoms with Gasteiger partial charge >= 0.3 is 0 Å². The predicted molar refractivity (Wildman–Crippen MR) is 78.1 cm³/mol. The Bertz CT molecular complexity index is 297. The monoisotopic (exact) mass is 249 g/mol. The van der Waals surface area contributed by atoms with Gasteiger partial charge in [0.15, 0.2) is 0 Å². The molecule has 0 radical (unpaired) electrons. The van der Waals surface area contributed by atoms with Gasteiger partial charge in [0.2, 0.25) is 0 Å². The van der Waals surface area contributed by atoms with Crippen molar-refractivity contribution in [1.82, 2.24) is 5.32 Å². The van der Waals surface area contributed by atoms with Gasteiger partial charge < -0.3 is 10.1 Å². The molecule has 0 amide bonds. The molecule has 1 aromatic carbocycles. The van der Waals surface area contributed by atoms with E-state index in [2.05, 4.69) is 26.1 Å². The van der Waals surface area contributed by atoms with Crippen molar-refractivity contribution in [3.05, 3.63) is 30.3 Å². The summed E-state index contributed by atoms with van der Waals surface area (Å²) >= 11 is 0. The number of para-hydroxylation sites is 1. The maximum Gasteiger partial charge on any atom is 0.119 e. The molecule has 0 spiro atoms. The molecule has 0 saturated heterocycles. The van der Waals surface area contributed by atoms with E-state index in [0.29, 0.717) is 6.04 Å². The Morgan fingerprint density at radius 2 is 1.89 bits per heavy atom. The van der Waals surface area contributed by atoms with E-state index in [9.17, 15) is 0 Å². The number of hydrogen-bond donors (Lipinski definition) is 1. The third kappa shape index (κ3) is 6.65. The number of ether oxygens (including phenoxy) is 1. The van der Waals surface area contributed by atoms with Crippen molar-refractivity contribution < 1.29 is 4.74 Å². The predicted octanol–water partition coefficient (Wildman–Crippen LogP) is 3.87. The van der Waals surface area contributed by atoms with Gasteiger partial charge in [-0.15, -0.1) is 0 Å². The molecule has 1 N–H and O–H groups in total. The first-order chi connectivity index (χ1) is 8.72. The molecule has 1 unspecified atom stereocenters. The van der Waals surface area contributed by atoms with Crippen molar-refractivity contribution in [2.75, 3.05) is 13.2 Å². The van der Waals surface area contributed by atoms with Crippen molar-refractivity contribution in [2.45, 2.75) is 46.1 Å². The molecule has 1 aromatic rings. The van der Waals surface area contributed by atoms with Gasteiger partial charge in [-0.05, 0) is 37.4 Å². The molecule has 2 nitrogen and oxygen atoms in total. The Labute approximate surface area is 112 Å². The van der Waals surface area contributed by atoms with Gasteiger partial charge in [0.25, 0.3) is 0 Å². The highest BCUT2D eigenvalue weighted by Gasteiger charge is 2.06. The highest BCUT2D eigenvalue weighted by molar-refractivity contribution is 5.20. The van der Waals surface area contributed by atoms with Gasteiger partial charge in [-0.3, -0.25) is 0 Å². The zero-order valence-electron chi connectivity index (χ0n) is 12.0. The van der Waals surface area contributed by atoms with Gasteiger partial charge in [0.05, 0.1) is 6.61 Å². The molecular formula is C16H27NO. The third-order valence-electron chi connectivity index (χ3n) is 3.16. The quantitative estimate of drug-likeness (QED) is 0.671. The Hall–Kier alpha value is -1.02. The minimum atomic E-state index is 0.583. The number of nitrogens with one attached hydrogen (secondary N) is 1. The molecule has 0 bridgehead atoms. The zero-order chi connectivity index (χ0) is 13.2. The van der Waals surface area contributed by atoms with Crippen molar-refractivity contribution in [1.29, 1.82) is 0 Å². The van der Waals surface area contributed by atoms with Gasteiger partial charge in [-0.1, -0.05) is 45.4 Å². The zero-order valence-corrected chi connectivity index (χ0v) is 12.0. The standard InChI is InChI=1S/C16H27NO/c1-4-15(13-17-14(2)3)9-8-12-18-16-10-6-5-7-11-16/h5-7,10-11,14-15,17H,4,8-9,12-13H2,1-3H3. The summed E-state index contributed by atoms with van der Waals surface area (Å²) in [6.07, 6.45) is 3.61. The fourth-order valence-corrected chi connectivity index (χ4v) is 1.93. The first-order valence-electron chi connectivity index (χ1n) is 7.13. The normalized spacial score (nSPS) is 12.7. The summed E-state index contributed by atoms with van der Waals surface area (Å²) in [6.45, 7) is 8.61. The summed E-state index contributed by atoms with van der Waals surface area (Å²) in [7, 11) is 0. The fraction of sp³-hybridized carbons (Fsp3) is 0.625. The average Bonchev–Trinajstić information content (AvgIpc) is 2.39. The molecule has 0 saturated carbocycles. The molecular weight excluding hydrogens is 222 g/mol. The maximum atomic E-state index is 5.71. The molecule has 102 valence electrons. The second-order valence-electron chi connectivity index (χ2n) is 5.14. The van der Waals surface area contributed by atoms with Crippen LogP contribution >= 0.6 is 0 Å².